The quantitative estimate of drug-likeness (QED) is 0.482. The van der Waals surface area contributed by atoms with Crippen LogP contribution in [0.1, 0.15) is 6.92 Å². The third-order valence-electron chi connectivity index (χ3n) is 2.07. The summed E-state index contributed by atoms with van der Waals surface area (Å²) in [6.45, 7) is 3.21. The first kappa shape index (κ1) is 13.7. The number of nitrogens with zero attached hydrogens (tertiary/aromatic N) is 2. The maximum atomic E-state index is 10.6. The van der Waals surface area contributed by atoms with Crippen molar-refractivity contribution in [3.63, 3.8) is 0 Å². The zero-order valence-corrected chi connectivity index (χ0v) is 10.4. The monoisotopic (exact) mass is 259 g/mol. The van der Waals surface area contributed by atoms with Gasteiger partial charge >= 0.3 is 0 Å². The molecule has 1 atom stereocenters. The summed E-state index contributed by atoms with van der Waals surface area (Å²) < 4.78 is 4.98. The van der Waals surface area contributed by atoms with Crippen molar-refractivity contribution in [2.24, 2.45) is 5.92 Å². The topological polar surface area (TPSA) is 77.3 Å². The van der Waals surface area contributed by atoms with Crippen LogP contribution in [-0.4, -0.2) is 30.2 Å². The highest BCUT2D eigenvalue weighted by Crippen LogP contribution is 2.20. The van der Waals surface area contributed by atoms with Crippen molar-refractivity contribution in [1.29, 1.82) is 0 Å². The summed E-state index contributed by atoms with van der Waals surface area (Å²) in [6, 6.07) is 2.57. The van der Waals surface area contributed by atoms with Gasteiger partial charge in [-0.05, 0) is 5.92 Å². The van der Waals surface area contributed by atoms with Crippen molar-refractivity contribution in [2.75, 3.05) is 25.6 Å². The van der Waals surface area contributed by atoms with E-state index in [2.05, 4.69) is 10.3 Å². The lowest BCUT2D eigenvalue weighted by Crippen LogP contribution is -2.16. The van der Waals surface area contributed by atoms with E-state index in [1.54, 1.807) is 7.11 Å². The zero-order valence-electron chi connectivity index (χ0n) is 9.64. The Labute approximate surface area is 104 Å². The first-order valence-electron chi connectivity index (χ1n) is 5.07. The Kier molecular flexibility index (Phi) is 5.11. The van der Waals surface area contributed by atoms with Gasteiger partial charge in [0.25, 0.3) is 5.69 Å². The van der Waals surface area contributed by atoms with Crippen LogP contribution in [0.5, 0.6) is 0 Å². The largest absolute Gasteiger partial charge is 0.384 e. The Hall–Kier alpha value is -1.40. The number of nitro groups is 1. The van der Waals surface area contributed by atoms with Gasteiger partial charge in [0, 0.05) is 13.7 Å². The predicted octanol–water partition coefficient (Wildman–Crippen LogP) is 2.34. The molecule has 0 aliphatic rings. The molecule has 1 aromatic rings. The molecule has 1 rings (SSSR count). The van der Waals surface area contributed by atoms with E-state index < -0.39 is 4.92 Å². The van der Waals surface area contributed by atoms with Gasteiger partial charge in [-0.3, -0.25) is 10.1 Å². The molecule has 0 aromatic carbocycles. The molecule has 1 aromatic heterocycles. The molecule has 1 unspecified atom stereocenters. The molecule has 94 valence electrons. The Balaban J connectivity index is 2.68. The average molecular weight is 260 g/mol. The first-order chi connectivity index (χ1) is 8.02. The lowest BCUT2D eigenvalue weighted by atomic mass is 10.2. The summed E-state index contributed by atoms with van der Waals surface area (Å²) in [4.78, 5) is 14.1. The summed E-state index contributed by atoms with van der Waals surface area (Å²) >= 11 is 5.69. The zero-order chi connectivity index (χ0) is 12.8. The third-order valence-corrected chi connectivity index (χ3v) is 2.27. The second-order valence-corrected chi connectivity index (χ2v) is 4.12. The fraction of sp³-hybridized carbons (Fsp3) is 0.500. The molecular formula is C10H14ClN3O3. The molecule has 1 heterocycles. The van der Waals surface area contributed by atoms with E-state index in [1.165, 1.54) is 12.1 Å². The lowest BCUT2D eigenvalue weighted by Gasteiger charge is -2.11. The summed E-state index contributed by atoms with van der Waals surface area (Å²) in [6.07, 6.45) is 0. The van der Waals surface area contributed by atoms with E-state index in [-0.39, 0.29) is 16.8 Å². The van der Waals surface area contributed by atoms with E-state index in [4.69, 9.17) is 16.3 Å². The highest BCUT2D eigenvalue weighted by molar-refractivity contribution is 6.29. The number of aromatic nitrogens is 1. The predicted molar refractivity (Wildman–Crippen MR) is 65.4 cm³/mol. The van der Waals surface area contributed by atoms with Gasteiger partial charge < -0.3 is 10.1 Å². The van der Waals surface area contributed by atoms with Crippen LogP contribution in [0.25, 0.3) is 0 Å². The van der Waals surface area contributed by atoms with Crippen molar-refractivity contribution < 1.29 is 9.66 Å². The Morgan fingerprint density at radius 1 is 1.65 bits per heavy atom. The lowest BCUT2D eigenvalue weighted by molar-refractivity contribution is -0.384. The molecule has 0 aliphatic heterocycles. The van der Waals surface area contributed by atoms with Crippen LogP contribution >= 0.6 is 11.6 Å². The number of rotatable bonds is 6. The molecule has 0 fully saturated rings. The molecule has 0 aliphatic carbocycles. The van der Waals surface area contributed by atoms with E-state index in [0.717, 1.165) is 0 Å². The molecule has 0 saturated heterocycles. The van der Waals surface area contributed by atoms with Gasteiger partial charge in [0.2, 0.25) is 0 Å². The molecular weight excluding hydrogens is 246 g/mol. The molecule has 1 N–H and O–H groups in total. The normalized spacial score (nSPS) is 12.2. The Morgan fingerprint density at radius 3 is 2.94 bits per heavy atom. The van der Waals surface area contributed by atoms with Crippen molar-refractivity contribution in [2.45, 2.75) is 6.92 Å². The van der Waals surface area contributed by atoms with E-state index >= 15 is 0 Å². The molecule has 0 radical (unpaired) electrons. The van der Waals surface area contributed by atoms with Gasteiger partial charge in [0.05, 0.1) is 23.7 Å². The van der Waals surface area contributed by atoms with Crippen molar-refractivity contribution in [3.05, 3.63) is 27.4 Å². The minimum atomic E-state index is -0.503. The van der Waals surface area contributed by atoms with Crippen LogP contribution in [0.15, 0.2) is 12.1 Å². The maximum Gasteiger partial charge on any atom is 0.276 e. The summed E-state index contributed by atoms with van der Waals surface area (Å²) in [5, 5.41) is 13.7. The van der Waals surface area contributed by atoms with Crippen molar-refractivity contribution >= 4 is 23.1 Å². The summed E-state index contributed by atoms with van der Waals surface area (Å²) in [5.74, 6) is 0.673. The van der Waals surface area contributed by atoms with Gasteiger partial charge in [0.1, 0.15) is 11.0 Å². The number of hydrogen-bond donors (Lipinski definition) is 1. The van der Waals surface area contributed by atoms with Crippen molar-refractivity contribution in [1.82, 2.24) is 4.98 Å². The number of methoxy groups -OCH3 is 1. The fourth-order valence-electron chi connectivity index (χ4n) is 1.30. The minimum Gasteiger partial charge on any atom is -0.384 e. The molecule has 0 spiro atoms. The van der Waals surface area contributed by atoms with Gasteiger partial charge in [0.15, 0.2) is 0 Å². The summed E-state index contributed by atoms with van der Waals surface area (Å²) in [5.41, 5.74) is -0.0769. The van der Waals surface area contributed by atoms with Crippen molar-refractivity contribution in [3.8, 4) is 0 Å². The molecule has 17 heavy (non-hydrogen) atoms. The smallest absolute Gasteiger partial charge is 0.276 e. The van der Waals surface area contributed by atoms with Crippen LogP contribution < -0.4 is 5.32 Å². The second-order valence-electron chi connectivity index (χ2n) is 3.73. The molecule has 6 nitrogen and oxygen atoms in total. The SMILES string of the molecule is COCC(C)CNc1cc([N+](=O)[O-])cc(Cl)n1. The molecule has 0 amide bonds. The van der Waals surface area contributed by atoms with Crippen LogP contribution in [-0.2, 0) is 4.74 Å². The van der Waals surface area contributed by atoms with E-state index in [0.29, 0.717) is 19.0 Å². The highest BCUT2D eigenvalue weighted by atomic mass is 35.5. The molecule has 0 saturated carbocycles. The minimum absolute atomic E-state index is 0.0769. The van der Waals surface area contributed by atoms with Crippen LogP contribution in [0.3, 0.4) is 0 Å². The van der Waals surface area contributed by atoms with Gasteiger partial charge in [-0.1, -0.05) is 18.5 Å². The number of hydrogen-bond acceptors (Lipinski definition) is 5. The van der Waals surface area contributed by atoms with Gasteiger partial charge in [-0.25, -0.2) is 4.98 Å². The highest BCUT2D eigenvalue weighted by Gasteiger charge is 2.10. The molecule has 0 bridgehead atoms. The number of ether oxygens (including phenoxy) is 1. The van der Waals surface area contributed by atoms with E-state index in [9.17, 15) is 10.1 Å². The van der Waals surface area contributed by atoms with Crippen LogP contribution in [0, 0.1) is 16.0 Å². The standard InChI is InChI=1S/C10H14ClN3O3/c1-7(6-17-2)5-12-10-4-8(14(15)16)3-9(11)13-10/h3-4,7H,5-6H2,1-2H3,(H,12,13). The Bertz CT molecular complexity index is 400. The average Bonchev–Trinajstić information content (AvgIpc) is 2.26. The number of halogens is 1. The number of nitrogens with one attached hydrogen (secondary N) is 1. The molecule has 7 heteroatoms. The van der Waals surface area contributed by atoms with E-state index in [1.807, 2.05) is 6.92 Å². The van der Waals surface area contributed by atoms with Gasteiger partial charge in [-0.15, -0.1) is 0 Å². The second kappa shape index (κ2) is 6.36. The first-order valence-corrected chi connectivity index (χ1v) is 5.45. The summed E-state index contributed by atoms with van der Waals surface area (Å²) in [7, 11) is 1.62. The Morgan fingerprint density at radius 2 is 2.35 bits per heavy atom. The van der Waals surface area contributed by atoms with Crippen LogP contribution in [0.2, 0.25) is 5.15 Å². The van der Waals surface area contributed by atoms with Gasteiger partial charge in [-0.2, -0.15) is 0 Å². The number of pyridine rings is 1. The fourth-order valence-corrected chi connectivity index (χ4v) is 1.50. The number of anilines is 1. The third kappa shape index (κ3) is 4.54. The van der Waals surface area contributed by atoms with Crippen LogP contribution in [0.4, 0.5) is 11.5 Å². The maximum absolute atomic E-state index is 10.6.